The fourth-order valence-corrected chi connectivity index (χ4v) is 5.48. The number of anilines is 2. The number of rotatable bonds is 7. The van der Waals surface area contributed by atoms with Crippen LogP contribution in [-0.4, -0.2) is 111 Å². The molecule has 0 saturated carbocycles. The molecule has 5 rings (SSSR count). The van der Waals surface area contributed by atoms with Crippen molar-refractivity contribution in [2.24, 2.45) is 0 Å². The fourth-order valence-electron chi connectivity index (χ4n) is 5.48. The van der Waals surface area contributed by atoms with Gasteiger partial charge in [-0.3, -0.25) is 5.32 Å². The van der Waals surface area contributed by atoms with Gasteiger partial charge < -0.3 is 35.0 Å². The minimum atomic E-state index is -1.77. The Morgan fingerprint density at radius 1 is 1.17 bits per heavy atom. The lowest BCUT2D eigenvalue weighted by Crippen LogP contribution is -2.64. The minimum Gasteiger partial charge on any atom is -0.446 e. The SMILES string of the molecule is CC(C)c1cnn2c(NC3CCN(C(=O)OCC4(F)CN(C(=O)OC(C)(C)C)C4)CC3)cc(N[C@H]3CN[C@H](O)C3)nc12. The molecule has 13 nitrogen and oxygen atoms in total. The number of likely N-dealkylation sites (tertiary alicyclic amines) is 2. The zero-order valence-electron chi connectivity index (χ0n) is 25.0. The van der Waals surface area contributed by atoms with Crippen LogP contribution in [0.3, 0.4) is 0 Å². The molecule has 0 aliphatic carbocycles. The first-order valence-corrected chi connectivity index (χ1v) is 14.7. The summed E-state index contributed by atoms with van der Waals surface area (Å²) in [6, 6.07) is 2.07. The van der Waals surface area contributed by atoms with E-state index in [1.165, 1.54) is 4.90 Å². The number of halogens is 1. The Morgan fingerprint density at radius 3 is 2.50 bits per heavy atom. The molecule has 4 N–H and O–H groups in total. The number of fused-ring (bicyclic) bond motifs is 1. The van der Waals surface area contributed by atoms with Crippen molar-refractivity contribution in [2.75, 3.05) is 50.0 Å². The highest BCUT2D eigenvalue weighted by atomic mass is 19.1. The summed E-state index contributed by atoms with van der Waals surface area (Å²) in [5, 5.41) is 24.5. The van der Waals surface area contributed by atoms with E-state index in [0.29, 0.717) is 44.7 Å². The lowest BCUT2D eigenvalue weighted by molar-refractivity contribution is -0.0784. The number of aliphatic hydroxyl groups is 1. The Morgan fingerprint density at radius 2 is 1.88 bits per heavy atom. The van der Waals surface area contributed by atoms with E-state index in [2.05, 4.69) is 34.9 Å². The molecule has 3 saturated heterocycles. The molecule has 2 aromatic rings. The van der Waals surface area contributed by atoms with Gasteiger partial charge in [0, 0.05) is 49.8 Å². The Bertz CT molecular complexity index is 1280. The average molecular weight is 591 g/mol. The second kappa shape index (κ2) is 11.7. The number of aromatic nitrogens is 3. The van der Waals surface area contributed by atoms with E-state index < -0.39 is 36.3 Å². The van der Waals surface area contributed by atoms with E-state index in [9.17, 15) is 19.1 Å². The normalized spacial score (nSPS) is 22.8. The molecule has 14 heteroatoms. The lowest BCUT2D eigenvalue weighted by Gasteiger charge is -2.44. The average Bonchev–Trinajstić information content (AvgIpc) is 3.51. The van der Waals surface area contributed by atoms with Gasteiger partial charge in [-0.1, -0.05) is 13.8 Å². The van der Waals surface area contributed by atoms with Crippen LogP contribution < -0.4 is 16.0 Å². The smallest absolute Gasteiger partial charge is 0.410 e. The Kier molecular flexibility index (Phi) is 8.39. The van der Waals surface area contributed by atoms with Crippen LogP contribution in [0.2, 0.25) is 0 Å². The molecule has 3 aliphatic heterocycles. The summed E-state index contributed by atoms with van der Waals surface area (Å²) >= 11 is 0. The number of piperidine rings is 1. The first-order valence-electron chi connectivity index (χ1n) is 14.7. The number of ether oxygens (including phenoxy) is 2. The molecule has 2 amide bonds. The minimum absolute atomic E-state index is 0.0613. The van der Waals surface area contributed by atoms with Crippen molar-refractivity contribution in [3.8, 4) is 0 Å². The highest BCUT2D eigenvalue weighted by Crippen LogP contribution is 2.29. The molecule has 0 radical (unpaired) electrons. The molecule has 42 heavy (non-hydrogen) atoms. The maximum Gasteiger partial charge on any atom is 0.410 e. The molecule has 2 atom stereocenters. The summed E-state index contributed by atoms with van der Waals surface area (Å²) in [6.45, 7) is 10.3. The Balaban J connectivity index is 1.14. The first-order chi connectivity index (χ1) is 19.8. The highest BCUT2D eigenvalue weighted by molar-refractivity contribution is 5.70. The summed E-state index contributed by atoms with van der Waals surface area (Å²) < 4.78 is 27.3. The number of carbonyl (C=O) groups is 2. The zero-order valence-corrected chi connectivity index (χ0v) is 25.0. The van der Waals surface area contributed by atoms with Gasteiger partial charge >= 0.3 is 12.2 Å². The van der Waals surface area contributed by atoms with Crippen LogP contribution in [0, 0.1) is 0 Å². The van der Waals surface area contributed by atoms with Gasteiger partial charge in [0.05, 0.1) is 19.3 Å². The largest absolute Gasteiger partial charge is 0.446 e. The summed E-state index contributed by atoms with van der Waals surface area (Å²) in [6.07, 6.45) is 2.12. The first kappa shape index (κ1) is 30.1. The van der Waals surface area contributed by atoms with Crippen molar-refractivity contribution >= 4 is 29.5 Å². The van der Waals surface area contributed by atoms with Crippen LogP contribution in [0.4, 0.5) is 25.6 Å². The van der Waals surface area contributed by atoms with Crippen LogP contribution >= 0.6 is 0 Å². The molecule has 232 valence electrons. The van der Waals surface area contributed by atoms with Crippen molar-refractivity contribution in [3.05, 3.63) is 17.8 Å². The Hall–Kier alpha value is -3.39. The molecule has 0 spiro atoms. The van der Waals surface area contributed by atoms with Crippen molar-refractivity contribution < 1.29 is 28.6 Å². The molecule has 3 fully saturated rings. The van der Waals surface area contributed by atoms with Gasteiger partial charge in [0.2, 0.25) is 0 Å². The predicted molar refractivity (Wildman–Crippen MR) is 154 cm³/mol. The molecule has 5 heterocycles. The maximum absolute atomic E-state index is 15.0. The van der Waals surface area contributed by atoms with E-state index in [1.807, 2.05) is 16.8 Å². The van der Waals surface area contributed by atoms with Crippen LogP contribution in [0.1, 0.15) is 65.4 Å². The van der Waals surface area contributed by atoms with Crippen LogP contribution in [0.15, 0.2) is 12.3 Å². The number of alkyl halides is 1. The molecule has 0 unspecified atom stereocenters. The molecule has 0 aromatic carbocycles. The molecular formula is C28H43FN8O5. The van der Waals surface area contributed by atoms with E-state index in [4.69, 9.17) is 14.5 Å². The fraction of sp³-hybridized carbons (Fsp3) is 0.714. The zero-order chi connectivity index (χ0) is 30.2. The second-order valence-electron chi connectivity index (χ2n) is 13.0. The van der Waals surface area contributed by atoms with Crippen molar-refractivity contribution in [1.82, 2.24) is 29.7 Å². The lowest BCUT2D eigenvalue weighted by atomic mass is 9.98. The van der Waals surface area contributed by atoms with Crippen LogP contribution in [0.25, 0.3) is 5.65 Å². The van der Waals surface area contributed by atoms with Crippen molar-refractivity contribution in [3.63, 3.8) is 0 Å². The van der Waals surface area contributed by atoms with Gasteiger partial charge in [0.15, 0.2) is 11.3 Å². The Labute approximate surface area is 245 Å². The number of hydrogen-bond acceptors (Lipinski definition) is 10. The molecule has 0 bridgehead atoms. The van der Waals surface area contributed by atoms with Crippen molar-refractivity contribution in [1.29, 1.82) is 0 Å². The summed E-state index contributed by atoms with van der Waals surface area (Å²) in [7, 11) is 0. The number of nitrogens with one attached hydrogen (secondary N) is 3. The molecule has 2 aromatic heterocycles. The standard InChI is InChI=1S/C28H43FN8O5/c1-17(2)20-13-31-37-22(11-21(34-24(20)37)32-19-10-23(38)30-12-19)33-18-6-8-35(9-7-18)25(39)41-16-28(29)14-36(15-28)26(40)42-27(3,4)5/h11,13,17-19,23,30,33,38H,6-10,12,14-16H2,1-5H3,(H,32,34)/t19-,23-/m1/s1. The third kappa shape index (κ3) is 6.97. The van der Waals surface area contributed by atoms with Gasteiger partial charge in [0.25, 0.3) is 0 Å². The van der Waals surface area contributed by atoms with Crippen LogP contribution in [0.5, 0.6) is 0 Å². The second-order valence-corrected chi connectivity index (χ2v) is 13.0. The van der Waals surface area contributed by atoms with Crippen molar-refractivity contribution in [2.45, 2.75) is 89.4 Å². The monoisotopic (exact) mass is 590 g/mol. The quantitative estimate of drug-likeness (QED) is 0.380. The number of amides is 2. The molecular weight excluding hydrogens is 547 g/mol. The van der Waals surface area contributed by atoms with Gasteiger partial charge in [-0.2, -0.15) is 9.61 Å². The predicted octanol–water partition coefficient (Wildman–Crippen LogP) is 2.92. The maximum atomic E-state index is 15.0. The van der Waals surface area contributed by atoms with E-state index in [0.717, 1.165) is 17.0 Å². The summed E-state index contributed by atoms with van der Waals surface area (Å²) in [5.74, 6) is 1.74. The third-order valence-corrected chi connectivity index (χ3v) is 7.74. The number of carbonyl (C=O) groups excluding carboxylic acids is 2. The third-order valence-electron chi connectivity index (χ3n) is 7.74. The topological polar surface area (TPSA) is 146 Å². The summed E-state index contributed by atoms with van der Waals surface area (Å²) in [5.41, 5.74) is -0.619. The van der Waals surface area contributed by atoms with E-state index in [1.54, 1.807) is 25.7 Å². The van der Waals surface area contributed by atoms with E-state index >= 15 is 0 Å². The number of hydrogen-bond donors (Lipinski definition) is 4. The summed E-state index contributed by atoms with van der Waals surface area (Å²) in [4.78, 5) is 32.4. The van der Waals surface area contributed by atoms with Gasteiger partial charge in [0.1, 0.15) is 30.1 Å². The number of aliphatic hydroxyl groups excluding tert-OH is 1. The number of nitrogens with zero attached hydrogens (tertiary/aromatic N) is 5. The molecule has 3 aliphatic rings. The van der Waals surface area contributed by atoms with Crippen LogP contribution in [-0.2, 0) is 9.47 Å². The van der Waals surface area contributed by atoms with Gasteiger partial charge in [-0.15, -0.1) is 0 Å². The van der Waals surface area contributed by atoms with Gasteiger partial charge in [-0.05, 0) is 39.5 Å². The van der Waals surface area contributed by atoms with Gasteiger partial charge in [-0.25, -0.2) is 19.0 Å². The highest BCUT2D eigenvalue weighted by Gasteiger charge is 2.48. The van der Waals surface area contributed by atoms with E-state index in [-0.39, 0.29) is 31.1 Å².